The number of halogens is 1. The summed E-state index contributed by atoms with van der Waals surface area (Å²) in [7, 11) is 0. The molecule has 1 saturated heterocycles. The van der Waals surface area contributed by atoms with Crippen molar-refractivity contribution in [3.63, 3.8) is 0 Å². The van der Waals surface area contributed by atoms with Gasteiger partial charge in [-0.3, -0.25) is 9.59 Å². The van der Waals surface area contributed by atoms with Gasteiger partial charge in [-0.15, -0.1) is 0 Å². The number of carbonyl (C=O) groups excluding carboxylic acids is 3. The molecule has 1 atom stereocenters. The molecule has 0 unspecified atom stereocenters. The smallest absolute Gasteiger partial charge is 0.338 e. The van der Waals surface area contributed by atoms with E-state index in [1.54, 1.807) is 53.4 Å². The van der Waals surface area contributed by atoms with Crippen LogP contribution in [0.4, 0.5) is 11.4 Å². The van der Waals surface area contributed by atoms with E-state index in [4.69, 9.17) is 16.3 Å². The third-order valence-electron chi connectivity index (χ3n) is 4.23. The molecule has 7 heteroatoms. The number of anilines is 2. The Morgan fingerprint density at radius 2 is 1.93 bits per heavy atom. The number of hydrogen-bond donors (Lipinski definition) is 1. The van der Waals surface area contributed by atoms with Gasteiger partial charge < -0.3 is 15.0 Å². The number of hydrogen-bond acceptors (Lipinski definition) is 4. The minimum absolute atomic E-state index is 0.0382. The van der Waals surface area contributed by atoms with Crippen molar-refractivity contribution in [3.8, 4) is 0 Å². The first-order valence-corrected chi connectivity index (χ1v) is 8.99. The van der Waals surface area contributed by atoms with E-state index in [2.05, 4.69) is 5.32 Å². The molecule has 0 radical (unpaired) electrons. The molecule has 1 aliphatic heterocycles. The standard InChI is InChI=1S/C20H19ClN2O4/c1-13(19(25)22-16-9-7-15(21)8-10-16)27-20(26)14-4-2-5-17(12-14)23-11-3-6-18(23)24/h2,4-5,7-10,12-13H,3,6,11H2,1H3,(H,22,25)/t13-/m1/s1. The lowest BCUT2D eigenvalue weighted by atomic mass is 10.2. The zero-order valence-corrected chi connectivity index (χ0v) is 15.5. The van der Waals surface area contributed by atoms with Gasteiger partial charge in [-0.1, -0.05) is 17.7 Å². The maximum Gasteiger partial charge on any atom is 0.338 e. The third kappa shape index (κ3) is 4.65. The lowest BCUT2D eigenvalue weighted by Gasteiger charge is -2.17. The van der Waals surface area contributed by atoms with E-state index in [9.17, 15) is 14.4 Å². The fraction of sp³-hybridized carbons (Fsp3) is 0.250. The van der Waals surface area contributed by atoms with Gasteiger partial charge in [0, 0.05) is 29.4 Å². The van der Waals surface area contributed by atoms with E-state index in [0.29, 0.717) is 34.9 Å². The minimum Gasteiger partial charge on any atom is -0.449 e. The number of esters is 1. The summed E-state index contributed by atoms with van der Waals surface area (Å²) >= 11 is 5.81. The number of amides is 2. The fourth-order valence-corrected chi connectivity index (χ4v) is 2.91. The highest BCUT2D eigenvalue weighted by Crippen LogP contribution is 2.23. The summed E-state index contributed by atoms with van der Waals surface area (Å²) in [4.78, 5) is 38.1. The molecular weight excluding hydrogens is 368 g/mol. The van der Waals surface area contributed by atoms with Crippen molar-refractivity contribution in [1.29, 1.82) is 0 Å². The molecule has 2 aromatic carbocycles. The van der Waals surface area contributed by atoms with Crippen molar-refractivity contribution < 1.29 is 19.1 Å². The molecule has 1 aliphatic rings. The number of ether oxygens (including phenoxy) is 1. The van der Waals surface area contributed by atoms with Crippen molar-refractivity contribution in [2.24, 2.45) is 0 Å². The molecule has 2 aromatic rings. The van der Waals surface area contributed by atoms with E-state index < -0.39 is 18.0 Å². The predicted molar refractivity (Wildman–Crippen MR) is 103 cm³/mol. The Morgan fingerprint density at radius 3 is 2.59 bits per heavy atom. The lowest BCUT2D eigenvalue weighted by Crippen LogP contribution is -2.30. The number of nitrogens with zero attached hydrogens (tertiary/aromatic N) is 1. The summed E-state index contributed by atoms with van der Waals surface area (Å²) in [5.41, 5.74) is 1.51. The van der Waals surface area contributed by atoms with Gasteiger partial charge in [-0.25, -0.2) is 4.79 Å². The normalized spacial score (nSPS) is 14.7. The van der Waals surface area contributed by atoms with Crippen LogP contribution in [0.3, 0.4) is 0 Å². The highest BCUT2D eigenvalue weighted by Gasteiger charge is 2.23. The molecule has 1 N–H and O–H groups in total. The Hall–Kier alpha value is -2.86. The van der Waals surface area contributed by atoms with E-state index in [-0.39, 0.29) is 5.91 Å². The molecule has 0 aliphatic carbocycles. The molecule has 6 nitrogen and oxygen atoms in total. The van der Waals surface area contributed by atoms with Gasteiger partial charge in [-0.2, -0.15) is 0 Å². The van der Waals surface area contributed by atoms with E-state index in [1.807, 2.05) is 0 Å². The quantitative estimate of drug-likeness (QED) is 0.796. The maximum absolute atomic E-state index is 12.4. The average molecular weight is 387 g/mol. The van der Waals surface area contributed by atoms with Gasteiger partial charge in [0.25, 0.3) is 5.91 Å². The van der Waals surface area contributed by atoms with Gasteiger partial charge in [0.2, 0.25) is 5.91 Å². The van der Waals surface area contributed by atoms with Crippen molar-refractivity contribution in [2.75, 3.05) is 16.8 Å². The average Bonchev–Trinajstić information content (AvgIpc) is 3.09. The van der Waals surface area contributed by atoms with E-state index in [1.165, 1.54) is 6.92 Å². The molecule has 3 rings (SSSR count). The van der Waals surface area contributed by atoms with Crippen LogP contribution in [0.15, 0.2) is 48.5 Å². The molecule has 0 saturated carbocycles. The summed E-state index contributed by atoms with van der Waals surface area (Å²) < 4.78 is 5.26. The zero-order chi connectivity index (χ0) is 19.4. The van der Waals surface area contributed by atoms with E-state index in [0.717, 1.165) is 6.42 Å². The second kappa shape index (κ2) is 8.22. The number of carbonyl (C=O) groups is 3. The largest absolute Gasteiger partial charge is 0.449 e. The second-order valence-corrected chi connectivity index (χ2v) is 6.68. The summed E-state index contributed by atoms with van der Waals surface area (Å²) in [5.74, 6) is -1.03. The molecule has 2 amide bonds. The first kappa shape index (κ1) is 18.9. The first-order valence-electron chi connectivity index (χ1n) is 8.62. The second-order valence-electron chi connectivity index (χ2n) is 6.24. The van der Waals surface area contributed by atoms with Crippen molar-refractivity contribution in [3.05, 3.63) is 59.1 Å². The van der Waals surface area contributed by atoms with Crippen molar-refractivity contribution in [2.45, 2.75) is 25.9 Å². The fourth-order valence-electron chi connectivity index (χ4n) is 2.78. The van der Waals surface area contributed by atoms with Crippen LogP contribution in [0.2, 0.25) is 5.02 Å². The predicted octanol–water partition coefficient (Wildman–Crippen LogP) is 3.65. The van der Waals surface area contributed by atoms with Crippen LogP contribution in [0.1, 0.15) is 30.1 Å². The molecule has 1 fully saturated rings. The zero-order valence-electron chi connectivity index (χ0n) is 14.8. The van der Waals surface area contributed by atoms with Crippen LogP contribution in [0, 0.1) is 0 Å². The number of benzene rings is 2. The number of rotatable bonds is 5. The molecular formula is C20H19ClN2O4. The Morgan fingerprint density at radius 1 is 1.19 bits per heavy atom. The Kier molecular flexibility index (Phi) is 5.76. The number of nitrogens with one attached hydrogen (secondary N) is 1. The molecule has 1 heterocycles. The highest BCUT2D eigenvalue weighted by molar-refractivity contribution is 6.30. The van der Waals surface area contributed by atoms with Crippen LogP contribution in [0.5, 0.6) is 0 Å². The molecule has 27 heavy (non-hydrogen) atoms. The van der Waals surface area contributed by atoms with Gasteiger partial charge in [0.1, 0.15) is 0 Å². The molecule has 0 aromatic heterocycles. The van der Waals surface area contributed by atoms with E-state index >= 15 is 0 Å². The minimum atomic E-state index is -0.981. The summed E-state index contributed by atoms with van der Waals surface area (Å²) in [6.07, 6.45) is 0.330. The monoisotopic (exact) mass is 386 g/mol. The van der Waals surface area contributed by atoms with Crippen molar-refractivity contribution >= 4 is 40.8 Å². The third-order valence-corrected chi connectivity index (χ3v) is 4.48. The Labute approximate surface area is 162 Å². The molecule has 0 bridgehead atoms. The van der Waals surface area contributed by atoms with Gasteiger partial charge in [0.05, 0.1) is 5.56 Å². The topological polar surface area (TPSA) is 75.7 Å². The summed E-state index contributed by atoms with van der Waals surface area (Å²) in [5, 5.41) is 3.22. The lowest BCUT2D eigenvalue weighted by molar-refractivity contribution is -0.123. The maximum atomic E-state index is 12.4. The molecule has 0 spiro atoms. The van der Waals surface area contributed by atoms with Crippen LogP contribution in [-0.2, 0) is 14.3 Å². The van der Waals surface area contributed by atoms with Crippen molar-refractivity contribution in [1.82, 2.24) is 0 Å². The SMILES string of the molecule is C[C@@H](OC(=O)c1cccc(N2CCCC2=O)c1)C(=O)Nc1ccc(Cl)cc1. The Bertz CT molecular complexity index is 867. The van der Waals surface area contributed by atoms with Crippen LogP contribution >= 0.6 is 11.6 Å². The van der Waals surface area contributed by atoms with Gasteiger partial charge >= 0.3 is 5.97 Å². The van der Waals surface area contributed by atoms with Crippen LogP contribution in [0.25, 0.3) is 0 Å². The summed E-state index contributed by atoms with van der Waals surface area (Å²) in [6.45, 7) is 2.13. The first-order chi connectivity index (χ1) is 12.9. The van der Waals surface area contributed by atoms with Crippen LogP contribution < -0.4 is 10.2 Å². The van der Waals surface area contributed by atoms with Crippen LogP contribution in [-0.4, -0.2) is 30.4 Å². The summed E-state index contributed by atoms with van der Waals surface area (Å²) in [6, 6.07) is 13.3. The Balaban J connectivity index is 1.63. The highest BCUT2D eigenvalue weighted by atomic mass is 35.5. The molecule has 140 valence electrons. The van der Waals surface area contributed by atoms with Gasteiger partial charge in [0.15, 0.2) is 6.10 Å². The van der Waals surface area contributed by atoms with Gasteiger partial charge in [-0.05, 0) is 55.8 Å².